The molecular weight excluding hydrogens is 295 g/mol. The Hall–Kier alpha value is -1.72. The van der Waals surface area contributed by atoms with Crippen molar-refractivity contribution in [1.29, 1.82) is 0 Å². The summed E-state index contributed by atoms with van der Waals surface area (Å²) in [5.41, 5.74) is 0.686. The van der Waals surface area contributed by atoms with Gasteiger partial charge < -0.3 is 9.64 Å². The van der Waals surface area contributed by atoms with E-state index < -0.39 is 6.36 Å². The lowest BCUT2D eigenvalue weighted by Gasteiger charge is -2.36. The van der Waals surface area contributed by atoms with E-state index in [1.54, 1.807) is 0 Å². The zero-order valence-electron chi connectivity index (χ0n) is 12.7. The number of carbonyl (C=O) groups is 1. The zero-order chi connectivity index (χ0) is 16.3. The van der Waals surface area contributed by atoms with Crippen molar-refractivity contribution in [2.75, 3.05) is 6.54 Å². The van der Waals surface area contributed by atoms with Crippen LogP contribution in [0.15, 0.2) is 24.3 Å². The number of halogens is 3. The first-order chi connectivity index (χ1) is 10.2. The molecule has 1 aromatic carbocycles. The Bertz CT molecular complexity index is 513. The molecule has 1 fully saturated rings. The number of hydrogen-bond donors (Lipinski definition) is 0. The lowest BCUT2D eigenvalue weighted by atomic mass is 9.93. The predicted molar refractivity (Wildman–Crippen MR) is 76.4 cm³/mol. The summed E-state index contributed by atoms with van der Waals surface area (Å²) < 4.78 is 40.1. The molecule has 3 nitrogen and oxygen atoms in total. The fourth-order valence-corrected chi connectivity index (χ4v) is 2.86. The van der Waals surface area contributed by atoms with Crippen LogP contribution in [-0.2, 0) is 11.2 Å². The zero-order valence-corrected chi connectivity index (χ0v) is 12.7. The standard InChI is InChI=1S/C16H20F3NO2/c1-11-7-8-20(12(2)9-11)15(21)10-13-3-5-14(6-4-13)22-16(17,18)19/h3-6,11-12H,7-10H2,1-2H3. The predicted octanol–water partition coefficient (Wildman–Crippen LogP) is 3.77. The van der Waals surface area contributed by atoms with Crippen LogP contribution in [-0.4, -0.2) is 29.8 Å². The second-order valence-electron chi connectivity index (χ2n) is 5.93. The molecule has 22 heavy (non-hydrogen) atoms. The normalized spacial score (nSPS) is 22.5. The number of benzene rings is 1. The number of amides is 1. The SMILES string of the molecule is CC1CCN(C(=O)Cc2ccc(OC(F)(F)F)cc2)C(C)C1. The van der Waals surface area contributed by atoms with Crippen LogP contribution in [0.1, 0.15) is 32.3 Å². The molecule has 1 aliphatic rings. The molecule has 2 atom stereocenters. The average Bonchev–Trinajstić information content (AvgIpc) is 2.39. The molecule has 0 spiro atoms. The molecule has 0 N–H and O–H groups in total. The second-order valence-corrected chi connectivity index (χ2v) is 5.93. The third-order valence-corrected chi connectivity index (χ3v) is 3.97. The van der Waals surface area contributed by atoms with Gasteiger partial charge in [0.1, 0.15) is 5.75 Å². The molecule has 0 aromatic heterocycles. The van der Waals surface area contributed by atoms with Crippen molar-refractivity contribution in [3.63, 3.8) is 0 Å². The van der Waals surface area contributed by atoms with E-state index in [1.165, 1.54) is 24.3 Å². The highest BCUT2D eigenvalue weighted by molar-refractivity contribution is 5.79. The van der Waals surface area contributed by atoms with E-state index >= 15 is 0 Å². The summed E-state index contributed by atoms with van der Waals surface area (Å²) in [7, 11) is 0. The van der Waals surface area contributed by atoms with Crippen molar-refractivity contribution in [2.24, 2.45) is 5.92 Å². The van der Waals surface area contributed by atoms with Crippen molar-refractivity contribution < 1.29 is 22.7 Å². The van der Waals surface area contributed by atoms with Crippen LogP contribution in [0.3, 0.4) is 0 Å². The first-order valence-corrected chi connectivity index (χ1v) is 7.39. The van der Waals surface area contributed by atoms with Crippen LogP contribution in [0.25, 0.3) is 0 Å². The summed E-state index contributed by atoms with van der Waals surface area (Å²) in [6.07, 6.45) is -2.51. The Balaban J connectivity index is 1.94. The summed E-state index contributed by atoms with van der Waals surface area (Å²) in [6.45, 7) is 4.96. The highest BCUT2D eigenvalue weighted by atomic mass is 19.4. The number of nitrogens with zero attached hydrogens (tertiary/aromatic N) is 1. The number of alkyl halides is 3. The van der Waals surface area contributed by atoms with E-state index in [0.29, 0.717) is 11.5 Å². The number of rotatable bonds is 3. The summed E-state index contributed by atoms with van der Waals surface area (Å²) in [5.74, 6) is 0.366. The molecule has 1 saturated heterocycles. The van der Waals surface area contributed by atoms with Gasteiger partial charge in [-0.2, -0.15) is 0 Å². The van der Waals surface area contributed by atoms with Gasteiger partial charge in [-0.1, -0.05) is 19.1 Å². The molecule has 6 heteroatoms. The molecular formula is C16H20F3NO2. The molecule has 0 aliphatic carbocycles. The van der Waals surface area contributed by atoms with E-state index in [9.17, 15) is 18.0 Å². The van der Waals surface area contributed by atoms with Crippen LogP contribution in [0, 0.1) is 5.92 Å². The van der Waals surface area contributed by atoms with Crippen LogP contribution >= 0.6 is 0 Å². The van der Waals surface area contributed by atoms with Gasteiger partial charge in [0.25, 0.3) is 0 Å². The molecule has 0 saturated carbocycles. The van der Waals surface area contributed by atoms with Gasteiger partial charge in [-0.05, 0) is 43.4 Å². The van der Waals surface area contributed by atoms with Gasteiger partial charge in [0.05, 0.1) is 6.42 Å². The Kier molecular flexibility index (Phi) is 4.98. The van der Waals surface area contributed by atoms with Gasteiger partial charge in [0.15, 0.2) is 0 Å². The highest BCUT2D eigenvalue weighted by Crippen LogP contribution is 2.25. The van der Waals surface area contributed by atoms with Crippen LogP contribution in [0.4, 0.5) is 13.2 Å². The lowest BCUT2D eigenvalue weighted by molar-refractivity contribution is -0.274. The highest BCUT2D eigenvalue weighted by Gasteiger charge is 2.31. The molecule has 0 radical (unpaired) electrons. The maximum Gasteiger partial charge on any atom is 0.573 e. The molecule has 1 heterocycles. The Labute approximate surface area is 128 Å². The van der Waals surface area contributed by atoms with Gasteiger partial charge in [0, 0.05) is 12.6 Å². The maximum atomic E-state index is 12.3. The van der Waals surface area contributed by atoms with Gasteiger partial charge in [-0.3, -0.25) is 4.79 Å². The first kappa shape index (κ1) is 16.6. The minimum Gasteiger partial charge on any atom is -0.406 e. The minimum absolute atomic E-state index is 0.0175. The lowest BCUT2D eigenvalue weighted by Crippen LogP contribution is -2.44. The van der Waals surface area contributed by atoms with Crippen molar-refractivity contribution >= 4 is 5.91 Å². The Morgan fingerprint density at radius 2 is 1.91 bits per heavy atom. The number of ether oxygens (including phenoxy) is 1. The Morgan fingerprint density at radius 1 is 1.27 bits per heavy atom. The minimum atomic E-state index is -4.70. The third kappa shape index (κ3) is 4.64. The Morgan fingerprint density at radius 3 is 2.45 bits per heavy atom. The maximum absolute atomic E-state index is 12.3. The topological polar surface area (TPSA) is 29.5 Å². The number of piperidine rings is 1. The fraction of sp³-hybridized carbons (Fsp3) is 0.562. The summed E-state index contributed by atoms with van der Waals surface area (Å²) in [6, 6.07) is 5.67. The van der Waals surface area contributed by atoms with Gasteiger partial charge >= 0.3 is 6.36 Å². The second kappa shape index (κ2) is 6.58. The first-order valence-electron chi connectivity index (χ1n) is 7.39. The smallest absolute Gasteiger partial charge is 0.406 e. The molecule has 2 unspecified atom stereocenters. The average molecular weight is 315 g/mol. The van der Waals surface area contributed by atoms with Gasteiger partial charge in [-0.15, -0.1) is 13.2 Å². The number of carbonyl (C=O) groups excluding carboxylic acids is 1. The number of likely N-dealkylation sites (tertiary alicyclic amines) is 1. The molecule has 2 rings (SSSR count). The van der Waals surface area contributed by atoms with Crippen molar-refractivity contribution in [3.8, 4) is 5.75 Å². The quantitative estimate of drug-likeness (QED) is 0.849. The van der Waals surface area contributed by atoms with E-state index in [-0.39, 0.29) is 24.1 Å². The van der Waals surface area contributed by atoms with E-state index in [1.807, 2.05) is 11.8 Å². The molecule has 1 aromatic rings. The van der Waals surface area contributed by atoms with Crippen molar-refractivity contribution in [1.82, 2.24) is 4.90 Å². The largest absolute Gasteiger partial charge is 0.573 e. The van der Waals surface area contributed by atoms with Crippen molar-refractivity contribution in [2.45, 2.75) is 45.5 Å². The van der Waals surface area contributed by atoms with Crippen LogP contribution < -0.4 is 4.74 Å². The summed E-state index contributed by atoms with van der Waals surface area (Å²) in [5, 5.41) is 0. The van der Waals surface area contributed by atoms with E-state index in [0.717, 1.165) is 19.4 Å². The molecule has 1 amide bonds. The molecule has 0 bridgehead atoms. The number of hydrogen-bond acceptors (Lipinski definition) is 2. The summed E-state index contributed by atoms with van der Waals surface area (Å²) >= 11 is 0. The fourth-order valence-electron chi connectivity index (χ4n) is 2.86. The van der Waals surface area contributed by atoms with Gasteiger partial charge in [-0.25, -0.2) is 0 Å². The van der Waals surface area contributed by atoms with E-state index in [4.69, 9.17) is 0 Å². The molecule has 122 valence electrons. The summed E-state index contributed by atoms with van der Waals surface area (Å²) in [4.78, 5) is 14.2. The monoisotopic (exact) mass is 315 g/mol. The third-order valence-electron chi connectivity index (χ3n) is 3.97. The van der Waals surface area contributed by atoms with Gasteiger partial charge in [0.2, 0.25) is 5.91 Å². The van der Waals surface area contributed by atoms with Crippen LogP contribution in [0.5, 0.6) is 5.75 Å². The van der Waals surface area contributed by atoms with E-state index in [2.05, 4.69) is 11.7 Å². The van der Waals surface area contributed by atoms with Crippen LogP contribution in [0.2, 0.25) is 0 Å². The molecule has 1 aliphatic heterocycles. The van der Waals surface area contributed by atoms with Crippen molar-refractivity contribution in [3.05, 3.63) is 29.8 Å².